The summed E-state index contributed by atoms with van der Waals surface area (Å²) in [7, 11) is 1.68. The van der Waals surface area contributed by atoms with Crippen LogP contribution >= 0.6 is 0 Å². The number of rotatable bonds is 6. The Bertz CT molecular complexity index is 504. The summed E-state index contributed by atoms with van der Waals surface area (Å²) in [5, 5.41) is 3.51. The molecule has 0 aliphatic heterocycles. The first kappa shape index (κ1) is 13.6. The molecule has 0 aliphatic carbocycles. The summed E-state index contributed by atoms with van der Waals surface area (Å²) < 4.78 is 7.31. The zero-order valence-electron chi connectivity index (χ0n) is 11.8. The van der Waals surface area contributed by atoms with Crippen LogP contribution in [0, 0.1) is 0 Å². The molecule has 102 valence electrons. The minimum atomic E-state index is 0.297. The van der Waals surface area contributed by atoms with Crippen molar-refractivity contribution in [1.82, 2.24) is 14.9 Å². The van der Waals surface area contributed by atoms with Crippen LogP contribution in [0.25, 0.3) is 0 Å². The topological polar surface area (TPSA) is 39.1 Å². The van der Waals surface area contributed by atoms with E-state index in [1.807, 2.05) is 24.7 Å². The number of benzene rings is 1. The lowest BCUT2D eigenvalue weighted by atomic mass is 10.1. The zero-order valence-corrected chi connectivity index (χ0v) is 11.8. The van der Waals surface area contributed by atoms with Crippen molar-refractivity contribution >= 4 is 0 Å². The lowest BCUT2D eigenvalue weighted by molar-refractivity contribution is 0.414. The van der Waals surface area contributed by atoms with Gasteiger partial charge in [0.05, 0.1) is 19.1 Å². The van der Waals surface area contributed by atoms with Gasteiger partial charge in [0.25, 0.3) is 0 Å². The van der Waals surface area contributed by atoms with Crippen LogP contribution in [0.5, 0.6) is 5.75 Å². The number of hydrogen-bond acceptors (Lipinski definition) is 3. The van der Waals surface area contributed by atoms with Gasteiger partial charge in [-0.1, -0.05) is 12.1 Å². The number of ether oxygens (including phenoxy) is 1. The number of imidazole rings is 1. The van der Waals surface area contributed by atoms with Gasteiger partial charge < -0.3 is 14.6 Å². The molecule has 1 heterocycles. The summed E-state index contributed by atoms with van der Waals surface area (Å²) in [5.74, 6) is 0.889. The molecule has 0 fully saturated rings. The predicted molar refractivity (Wildman–Crippen MR) is 76.1 cm³/mol. The fourth-order valence-corrected chi connectivity index (χ4v) is 2.05. The molecule has 1 aromatic heterocycles. The van der Waals surface area contributed by atoms with Crippen LogP contribution in [-0.2, 0) is 13.1 Å². The average Bonchev–Trinajstić information content (AvgIpc) is 2.92. The van der Waals surface area contributed by atoms with Gasteiger partial charge in [0, 0.05) is 25.3 Å². The highest BCUT2D eigenvalue weighted by Gasteiger charge is 2.06. The van der Waals surface area contributed by atoms with Crippen molar-refractivity contribution in [2.75, 3.05) is 7.11 Å². The smallest absolute Gasteiger partial charge is 0.118 e. The highest BCUT2D eigenvalue weighted by atomic mass is 16.5. The molecule has 2 rings (SSSR count). The summed E-state index contributed by atoms with van der Waals surface area (Å²) in [4.78, 5) is 4.17. The lowest BCUT2D eigenvalue weighted by Crippen LogP contribution is -2.19. The first-order valence-electron chi connectivity index (χ1n) is 6.61. The third kappa shape index (κ3) is 3.35. The van der Waals surface area contributed by atoms with E-state index in [0.29, 0.717) is 6.04 Å². The van der Waals surface area contributed by atoms with Crippen LogP contribution in [0.1, 0.15) is 31.1 Å². The number of nitrogens with zero attached hydrogens (tertiary/aromatic N) is 2. The van der Waals surface area contributed by atoms with E-state index in [4.69, 9.17) is 4.74 Å². The Labute approximate surface area is 114 Å². The van der Waals surface area contributed by atoms with Crippen LogP contribution in [0.15, 0.2) is 36.8 Å². The van der Waals surface area contributed by atoms with Crippen LogP contribution in [0.4, 0.5) is 0 Å². The van der Waals surface area contributed by atoms with E-state index in [-0.39, 0.29) is 0 Å². The number of hydrogen-bond donors (Lipinski definition) is 1. The quantitative estimate of drug-likeness (QED) is 0.867. The third-order valence-electron chi connectivity index (χ3n) is 3.34. The Morgan fingerprint density at radius 3 is 2.68 bits per heavy atom. The second-order valence-corrected chi connectivity index (χ2v) is 4.55. The molecule has 0 amide bonds. The molecule has 0 aliphatic rings. The molecule has 0 radical (unpaired) electrons. The fraction of sp³-hybridized carbons (Fsp3) is 0.400. The Balaban J connectivity index is 1.95. The molecule has 4 heteroatoms. The van der Waals surface area contributed by atoms with Crippen LogP contribution < -0.4 is 10.1 Å². The maximum Gasteiger partial charge on any atom is 0.118 e. The van der Waals surface area contributed by atoms with E-state index < -0.39 is 0 Å². The van der Waals surface area contributed by atoms with Gasteiger partial charge in [0.1, 0.15) is 5.75 Å². The summed E-state index contributed by atoms with van der Waals surface area (Å²) in [6, 6.07) is 8.46. The van der Waals surface area contributed by atoms with Gasteiger partial charge in [-0.05, 0) is 31.5 Å². The van der Waals surface area contributed by atoms with Gasteiger partial charge in [-0.15, -0.1) is 0 Å². The van der Waals surface area contributed by atoms with Crippen molar-refractivity contribution in [1.29, 1.82) is 0 Å². The normalized spacial score (nSPS) is 12.4. The number of nitrogens with one attached hydrogen (secondary N) is 1. The minimum Gasteiger partial charge on any atom is -0.497 e. The maximum atomic E-state index is 5.17. The predicted octanol–water partition coefficient (Wildman–Crippen LogP) is 2.76. The number of aryl methyl sites for hydroxylation is 1. The molecule has 0 spiro atoms. The Kier molecular flexibility index (Phi) is 4.58. The summed E-state index contributed by atoms with van der Waals surface area (Å²) in [5.41, 5.74) is 2.46. The van der Waals surface area contributed by atoms with E-state index in [0.717, 1.165) is 18.8 Å². The van der Waals surface area contributed by atoms with Crippen molar-refractivity contribution in [3.8, 4) is 5.75 Å². The molecular formula is C15H21N3O. The zero-order chi connectivity index (χ0) is 13.7. The largest absolute Gasteiger partial charge is 0.497 e. The fourth-order valence-electron chi connectivity index (χ4n) is 2.05. The van der Waals surface area contributed by atoms with E-state index >= 15 is 0 Å². The standard InChI is InChI=1S/C15H21N3O/c1-4-18-11-16-9-14(18)10-17-12(2)13-5-7-15(19-3)8-6-13/h5-9,11-12,17H,4,10H2,1-3H3. The van der Waals surface area contributed by atoms with Crippen molar-refractivity contribution < 1.29 is 4.74 Å². The Morgan fingerprint density at radius 2 is 2.05 bits per heavy atom. The Morgan fingerprint density at radius 1 is 1.32 bits per heavy atom. The number of methoxy groups -OCH3 is 1. The highest BCUT2D eigenvalue weighted by molar-refractivity contribution is 5.28. The van der Waals surface area contributed by atoms with Crippen molar-refractivity contribution in [3.05, 3.63) is 48.0 Å². The van der Waals surface area contributed by atoms with Crippen molar-refractivity contribution in [2.24, 2.45) is 0 Å². The van der Waals surface area contributed by atoms with Gasteiger partial charge in [-0.2, -0.15) is 0 Å². The van der Waals surface area contributed by atoms with E-state index in [1.165, 1.54) is 11.3 Å². The van der Waals surface area contributed by atoms with Crippen molar-refractivity contribution in [2.45, 2.75) is 33.0 Å². The second-order valence-electron chi connectivity index (χ2n) is 4.55. The SMILES string of the molecule is CCn1cncc1CNC(C)c1ccc(OC)cc1. The Hall–Kier alpha value is -1.81. The van der Waals surface area contributed by atoms with Gasteiger partial charge >= 0.3 is 0 Å². The van der Waals surface area contributed by atoms with Gasteiger partial charge in [0.15, 0.2) is 0 Å². The molecule has 1 unspecified atom stereocenters. The van der Waals surface area contributed by atoms with Crippen LogP contribution in [0.3, 0.4) is 0 Å². The van der Waals surface area contributed by atoms with Gasteiger partial charge in [-0.3, -0.25) is 0 Å². The summed E-state index contributed by atoms with van der Waals surface area (Å²) in [6.07, 6.45) is 3.78. The monoisotopic (exact) mass is 259 g/mol. The molecule has 4 nitrogen and oxygen atoms in total. The van der Waals surface area contributed by atoms with Gasteiger partial charge in [0.2, 0.25) is 0 Å². The molecule has 0 saturated heterocycles. The molecule has 0 bridgehead atoms. The van der Waals surface area contributed by atoms with Gasteiger partial charge in [-0.25, -0.2) is 4.98 Å². The number of aromatic nitrogens is 2. The molecule has 0 saturated carbocycles. The molecule has 1 aromatic carbocycles. The highest BCUT2D eigenvalue weighted by Crippen LogP contribution is 2.17. The maximum absolute atomic E-state index is 5.17. The third-order valence-corrected chi connectivity index (χ3v) is 3.34. The van der Waals surface area contributed by atoms with Crippen LogP contribution in [0.2, 0.25) is 0 Å². The van der Waals surface area contributed by atoms with Crippen LogP contribution in [-0.4, -0.2) is 16.7 Å². The average molecular weight is 259 g/mol. The first-order chi connectivity index (χ1) is 9.24. The molecule has 19 heavy (non-hydrogen) atoms. The summed E-state index contributed by atoms with van der Waals surface area (Å²) in [6.45, 7) is 6.06. The van der Waals surface area contributed by atoms with Crippen molar-refractivity contribution in [3.63, 3.8) is 0 Å². The molecule has 1 N–H and O–H groups in total. The first-order valence-corrected chi connectivity index (χ1v) is 6.61. The minimum absolute atomic E-state index is 0.297. The van der Waals surface area contributed by atoms with E-state index in [2.05, 4.69) is 40.8 Å². The second kappa shape index (κ2) is 6.38. The summed E-state index contributed by atoms with van der Waals surface area (Å²) >= 11 is 0. The lowest BCUT2D eigenvalue weighted by Gasteiger charge is -2.15. The molecular weight excluding hydrogens is 238 g/mol. The molecule has 1 atom stereocenters. The molecule has 2 aromatic rings. The van der Waals surface area contributed by atoms with E-state index in [1.54, 1.807) is 7.11 Å². The van der Waals surface area contributed by atoms with E-state index in [9.17, 15) is 0 Å².